The van der Waals surface area contributed by atoms with E-state index >= 15 is 0 Å². The average molecular weight is 262 g/mol. The van der Waals surface area contributed by atoms with E-state index in [1.807, 2.05) is 0 Å². The number of rotatable bonds is 6. The van der Waals surface area contributed by atoms with Gasteiger partial charge in [0.1, 0.15) is 0 Å². The minimum absolute atomic E-state index is 0.250. The Balaban J connectivity index is 2.43. The lowest BCUT2D eigenvalue weighted by Crippen LogP contribution is -2.42. The molecule has 0 aromatic rings. The molecule has 1 fully saturated rings. The van der Waals surface area contributed by atoms with Crippen molar-refractivity contribution in [3.05, 3.63) is 0 Å². The summed E-state index contributed by atoms with van der Waals surface area (Å²) in [7, 11) is -2.84. The molecular formula is C12H26N2O2S. The van der Waals surface area contributed by atoms with E-state index in [0.29, 0.717) is 24.4 Å². The highest BCUT2D eigenvalue weighted by Gasteiger charge is 2.24. The second-order valence-corrected chi connectivity index (χ2v) is 7.41. The summed E-state index contributed by atoms with van der Waals surface area (Å²) >= 11 is 0. The molecule has 0 radical (unpaired) electrons. The first-order chi connectivity index (χ1) is 7.98. The van der Waals surface area contributed by atoms with E-state index < -0.39 is 9.84 Å². The highest BCUT2D eigenvalue weighted by Crippen LogP contribution is 2.21. The Morgan fingerprint density at radius 2 is 1.76 bits per heavy atom. The fraction of sp³-hybridized carbons (Fsp3) is 1.00. The molecule has 1 aliphatic carbocycles. The molecule has 0 aromatic carbocycles. The largest absolute Gasteiger partial charge is 0.328 e. The minimum Gasteiger partial charge on any atom is -0.328 e. The molecule has 0 aliphatic heterocycles. The van der Waals surface area contributed by atoms with Crippen LogP contribution in [0.4, 0.5) is 0 Å². The number of hydrogen-bond acceptors (Lipinski definition) is 4. The summed E-state index contributed by atoms with van der Waals surface area (Å²) in [5.74, 6) is 0.542. The number of hydrogen-bond donors (Lipinski definition) is 1. The molecule has 0 bridgehead atoms. The van der Waals surface area contributed by atoms with Crippen LogP contribution in [0, 0.1) is 0 Å². The zero-order valence-electron chi connectivity index (χ0n) is 11.1. The molecule has 102 valence electrons. The van der Waals surface area contributed by atoms with Crippen LogP contribution < -0.4 is 5.73 Å². The zero-order chi connectivity index (χ0) is 12.9. The van der Waals surface area contributed by atoms with Crippen molar-refractivity contribution >= 4 is 9.84 Å². The Kier molecular flexibility index (Phi) is 5.89. The van der Waals surface area contributed by atoms with Crippen molar-refractivity contribution in [2.24, 2.45) is 5.73 Å². The monoisotopic (exact) mass is 262 g/mol. The summed E-state index contributed by atoms with van der Waals surface area (Å²) in [5, 5.41) is 0. The molecule has 0 amide bonds. The third kappa shape index (κ3) is 4.94. The second-order valence-electron chi connectivity index (χ2n) is 4.93. The van der Waals surface area contributed by atoms with Crippen molar-refractivity contribution in [2.75, 3.05) is 24.6 Å². The molecular weight excluding hydrogens is 236 g/mol. The molecule has 1 rings (SSSR count). The van der Waals surface area contributed by atoms with E-state index in [2.05, 4.69) is 11.8 Å². The van der Waals surface area contributed by atoms with Gasteiger partial charge in [-0.25, -0.2) is 8.42 Å². The highest BCUT2D eigenvalue weighted by molar-refractivity contribution is 7.91. The van der Waals surface area contributed by atoms with E-state index in [0.717, 1.165) is 32.2 Å². The first-order valence-corrected chi connectivity index (χ1v) is 8.50. The van der Waals surface area contributed by atoms with Crippen molar-refractivity contribution in [3.63, 3.8) is 0 Å². The van der Waals surface area contributed by atoms with Gasteiger partial charge in [0.25, 0.3) is 0 Å². The second kappa shape index (κ2) is 6.71. The van der Waals surface area contributed by atoms with Crippen LogP contribution in [0.5, 0.6) is 0 Å². The highest BCUT2D eigenvalue weighted by atomic mass is 32.2. The predicted octanol–water partition coefficient (Wildman–Crippen LogP) is 1.01. The van der Waals surface area contributed by atoms with Crippen LogP contribution >= 0.6 is 0 Å². The van der Waals surface area contributed by atoms with E-state index in [-0.39, 0.29) is 5.75 Å². The molecule has 1 saturated carbocycles. The lowest BCUT2D eigenvalue weighted by molar-refractivity contribution is 0.165. The molecule has 0 aromatic heterocycles. The van der Waals surface area contributed by atoms with Gasteiger partial charge in [-0.3, -0.25) is 4.90 Å². The predicted molar refractivity (Wildman–Crippen MR) is 71.8 cm³/mol. The van der Waals surface area contributed by atoms with Gasteiger partial charge in [0.05, 0.1) is 5.75 Å². The van der Waals surface area contributed by atoms with Crippen molar-refractivity contribution in [1.29, 1.82) is 0 Å². The molecule has 0 heterocycles. The fourth-order valence-electron chi connectivity index (χ4n) is 2.47. The third-order valence-corrected chi connectivity index (χ3v) is 5.48. The minimum atomic E-state index is -2.84. The Labute approximate surface area is 105 Å². The Morgan fingerprint density at radius 3 is 2.24 bits per heavy atom. The van der Waals surface area contributed by atoms with Crippen molar-refractivity contribution in [3.8, 4) is 0 Å². The number of sulfone groups is 1. The first-order valence-electron chi connectivity index (χ1n) is 6.68. The van der Waals surface area contributed by atoms with Crippen LogP contribution in [-0.2, 0) is 9.84 Å². The van der Waals surface area contributed by atoms with Gasteiger partial charge in [-0.2, -0.15) is 0 Å². The third-order valence-electron chi connectivity index (χ3n) is 3.79. The summed E-state index contributed by atoms with van der Waals surface area (Å²) in [4.78, 5) is 2.30. The van der Waals surface area contributed by atoms with Gasteiger partial charge in [0.2, 0.25) is 0 Å². The zero-order valence-corrected chi connectivity index (χ0v) is 11.9. The van der Waals surface area contributed by atoms with Crippen LogP contribution in [0.15, 0.2) is 0 Å². The van der Waals surface area contributed by atoms with Gasteiger partial charge in [0, 0.05) is 24.4 Å². The summed E-state index contributed by atoms with van der Waals surface area (Å²) in [6.07, 6.45) is 4.37. The summed E-state index contributed by atoms with van der Waals surface area (Å²) in [6.45, 7) is 5.42. The van der Waals surface area contributed by atoms with E-state index in [1.54, 1.807) is 6.92 Å². The van der Waals surface area contributed by atoms with Gasteiger partial charge < -0.3 is 5.73 Å². The van der Waals surface area contributed by atoms with Crippen LogP contribution in [-0.4, -0.2) is 50.0 Å². The van der Waals surface area contributed by atoms with Crippen molar-refractivity contribution in [1.82, 2.24) is 4.90 Å². The van der Waals surface area contributed by atoms with Crippen LogP contribution in [0.3, 0.4) is 0 Å². The van der Waals surface area contributed by atoms with E-state index in [4.69, 9.17) is 5.73 Å². The maximum atomic E-state index is 11.5. The lowest BCUT2D eigenvalue weighted by atomic mass is 9.91. The van der Waals surface area contributed by atoms with E-state index in [9.17, 15) is 8.42 Å². The molecule has 5 heteroatoms. The quantitative estimate of drug-likeness (QED) is 0.776. The topological polar surface area (TPSA) is 63.4 Å². The molecule has 0 unspecified atom stereocenters. The van der Waals surface area contributed by atoms with Crippen LogP contribution in [0.2, 0.25) is 0 Å². The van der Waals surface area contributed by atoms with Crippen LogP contribution in [0.1, 0.15) is 39.5 Å². The van der Waals surface area contributed by atoms with Gasteiger partial charge >= 0.3 is 0 Å². The lowest BCUT2D eigenvalue weighted by Gasteiger charge is -2.35. The van der Waals surface area contributed by atoms with Gasteiger partial charge in [-0.15, -0.1) is 0 Å². The van der Waals surface area contributed by atoms with Gasteiger partial charge in [-0.05, 0) is 32.2 Å². The first kappa shape index (κ1) is 14.9. The van der Waals surface area contributed by atoms with Gasteiger partial charge in [0.15, 0.2) is 9.84 Å². The molecule has 4 nitrogen and oxygen atoms in total. The standard InChI is InChI=1S/C12H26N2O2S/c1-3-14(9-10-17(15,16)4-2)12-7-5-11(13)6-8-12/h11-12H,3-10,13H2,1-2H3. The molecule has 17 heavy (non-hydrogen) atoms. The average Bonchev–Trinajstić information content (AvgIpc) is 2.32. The molecule has 2 N–H and O–H groups in total. The van der Waals surface area contributed by atoms with Crippen molar-refractivity contribution < 1.29 is 8.42 Å². The van der Waals surface area contributed by atoms with Crippen LogP contribution in [0.25, 0.3) is 0 Å². The summed E-state index contributed by atoms with van der Waals surface area (Å²) in [5.41, 5.74) is 5.89. The normalized spacial score (nSPS) is 26.4. The summed E-state index contributed by atoms with van der Waals surface area (Å²) in [6, 6.07) is 0.885. The fourth-order valence-corrected chi connectivity index (χ4v) is 3.27. The van der Waals surface area contributed by atoms with E-state index in [1.165, 1.54) is 0 Å². The Hall–Kier alpha value is -0.130. The molecule has 0 saturated heterocycles. The summed E-state index contributed by atoms with van der Waals surface area (Å²) < 4.78 is 23.0. The molecule has 0 atom stereocenters. The number of nitrogens with zero attached hydrogens (tertiary/aromatic N) is 1. The maximum absolute atomic E-state index is 11.5. The van der Waals surface area contributed by atoms with Crippen molar-refractivity contribution in [2.45, 2.75) is 51.6 Å². The smallest absolute Gasteiger partial charge is 0.151 e. The molecule has 1 aliphatic rings. The Bertz CT molecular complexity index is 308. The maximum Gasteiger partial charge on any atom is 0.151 e. The SMILES string of the molecule is CCN(CCS(=O)(=O)CC)C1CCC(N)CC1. The van der Waals surface area contributed by atoms with Gasteiger partial charge in [-0.1, -0.05) is 13.8 Å². The molecule has 0 spiro atoms. The Morgan fingerprint density at radius 1 is 1.18 bits per heavy atom. The number of nitrogens with two attached hydrogens (primary N) is 1.